The largest absolute Gasteiger partial charge is 0.368 e. The number of benzene rings is 1. The van der Waals surface area contributed by atoms with Gasteiger partial charge in [0.2, 0.25) is 5.95 Å². The van der Waals surface area contributed by atoms with Crippen LogP contribution in [0.2, 0.25) is 0 Å². The summed E-state index contributed by atoms with van der Waals surface area (Å²) < 4.78 is 0. The van der Waals surface area contributed by atoms with Crippen molar-refractivity contribution in [2.24, 2.45) is 0 Å². The lowest BCUT2D eigenvalue weighted by atomic mass is 10.0. The van der Waals surface area contributed by atoms with E-state index in [4.69, 9.17) is 5.73 Å². The molecule has 1 saturated heterocycles. The summed E-state index contributed by atoms with van der Waals surface area (Å²) in [6.45, 7) is 2.65. The minimum atomic E-state index is 0.0554. The van der Waals surface area contributed by atoms with E-state index in [1.165, 1.54) is 0 Å². The van der Waals surface area contributed by atoms with Gasteiger partial charge in [-0.1, -0.05) is 12.1 Å². The van der Waals surface area contributed by atoms with Crippen LogP contribution in [0.15, 0.2) is 41.9 Å². The number of nitrogen functional groups attached to an aromatic ring is 1. The summed E-state index contributed by atoms with van der Waals surface area (Å²) >= 11 is 1.62. The van der Waals surface area contributed by atoms with Crippen LogP contribution in [-0.2, 0) is 0 Å². The fourth-order valence-corrected chi connectivity index (χ4v) is 4.30. The maximum Gasteiger partial charge on any atom is 0.254 e. The number of likely N-dealkylation sites (tertiary alicyclic amines) is 1. The predicted octanol–water partition coefficient (Wildman–Crippen LogP) is 3.86. The normalized spacial score (nSPS) is 17.1. The number of carbonyl (C=O) groups is 1. The van der Waals surface area contributed by atoms with Gasteiger partial charge in [0, 0.05) is 34.9 Å². The van der Waals surface area contributed by atoms with Gasteiger partial charge in [-0.05, 0) is 44.4 Å². The molecular weight excluding hydrogens is 358 g/mol. The minimum absolute atomic E-state index is 0.0554. The van der Waals surface area contributed by atoms with E-state index >= 15 is 0 Å². The average molecular weight is 379 g/mol. The summed E-state index contributed by atoms with van der Waals surface area (Å²) in [7, 11) is 0. The number of carbonyl (C=O) groups excluding carboxylic acids is 1. The Kier molecular flexibility index (Phi) is 4.85. The summed E-state index contributed by atoms with van der Waals surface area (Å²) in [5, 5.41) is 2.99. The smallest absolute Gasteiger partial charge is 0.254 e. The van der Waals surface area contributed by atoms with Gasteiger partial charge in [0.05, 0.1) is 11.7 Å². The fourth-order valence-electron chi connectivity index (χ4n) is 3.52. The van der Waals surface area contributed by atoms with E-state index in [1.54, 1.807) is 11.3 Å². The number of amides is 1. The Labute approximate surface area is 162 Å². The Hall–Kier alpha value is -2.80. The average Bonchev–Trinajstić information content (AvgIpc) is 3.21. The van der Waals surface area contributed by atoms with Crippen molar-refractivity contribution in [1.29, 1.82) is 0 Å². The number of piperidine rings is 1. The van der Waals surface area contributed by atoms with Gasteiger partial charge < -0.3 is 10.6 Å². The second kappa shape index (κ2) is 7.44. The number of nitrogens with two attached hydrogens (primary N) is 1. The predicted molar refractivity (Wildman–Crippen MR) is 106 cm³/mol. The van der Waals surface area contributed by atoms with Crippen molar-refractivity contribution < 1.29 is 4.79 Å². The highest BCUT2D eigenvalue weighted by Crippen LogP contribution is 2.33. The van der Waals surface area contributed by atoms with Crippen LogP contribution < -0.4 is 5.73 Å². The molecule has 3 aromatic rings. The fraction of sp³-hybridized carbons (Fsp3) is 0.300. The molecule has 7 heteroatoms. The van der Waals surface area contributed by atoms with Crippen LogP contribution in [0.25, 0.3) is 11.3 Å². The SMILES string of the molecule is Cc1cc(-c2ccc(C(=O)N3CCCC[C@H]3c3nccs3)cc2)nc(N)n1. The van der Waals surface area contributed by atoms with Crippen molar-refractivity contribution in [3.63, 3.8) is 0 Å². The van der Waals surface area contributed by atoms with E-state index in [0.717, 1.165) is 47.8 Å². The van der Waals surface area contributed by atoms with Crippen LogP contribution in [0, 0.1) is 6.92 Å². The molecule has 1 atom stereocenters. The third-order valence-electron chi connectivity index (χ3n) is 4.80. The summed E-state index contributed by atoms with van der Waals surface area (Å²) in [5.41, 5.74) is 8.92. The standard InChI is InChI=1S/C20H21N5OS/c1-13-12-16(24-20(21)23-13)14-5-7-15(8-6-14)19(26)25-10-3-2-4-17(25)18-22-9-11-27-18/h5-9,11-12,17H,2-4,10H2,1H3,(H2,21,23,24)/t17-/m0/s1. The van der Waals surface area contributed by atoms with Crippen molar-refractivity contribution in [2.75, 3.05) is 12.3 Å². The third-order valence-corrected chi connectivity index (χ3v) is 5.68. The maximum absolute atomic E-state index is 13.1. The molecule has 1 fully saturated rings. The number of hydrogen-bond donors (Lipinski definition) is 1. The molecule has 0 unspecified atom stereocenters. The molecule has 4 rings (SSSR count). The first-order chi connectivity index (χ1) is 13.1. The van der Waals surface area contributed by atoms with Crippen LogP contribution in [-0.4, -0.2) is 32.3 Å². The summed E-state index contributed by atoms with van der Waals surface area (Å²) in [6, 6.07) is 9.51. The van der Waals surface area contributed by atoms with E-state index < -0.39 is 0 Å². The highest BCUT2D eigenvalue weighted by atomic mass is 32.1. The molecule has 1 aliphatic heterocycles. The Morgan fingerprint density at radius 2 is 2.04 bits per heavy atom. The Morgan fingerprint density at radius 3 is 2.74 bits per heavy atom. The van der Waals surface area contributed by atoms with Gasteiger partial charge in [0.25, 0.3) is 5.91 Å². The van der Waals surface area contributed by atoms with E-state index in [-0.39, 0.29) is 17.9 Å². The van der Waals surface area contributed by atoms with Crippen molar-refractivity contribution in [3.05, 3.63) is 58.2 Å². The van der Waals surface area contributed by atoms with Crippen molar-refractivity contribution in [3.8, 4) is 11.3 Å². The second-order valence-electron chi connectivity index (χ2n) is 6.71. The zero-order valence-corrected chi connectivity index (χ0v) is 15.9. The lowest BCUT2D eigenvalue weighted by Gasteiger charge is -2.34. The highest BCUT2D eigenvalue weighted by molar-refractivity contribution is 7.09. The molecule has 2 N–H and O–H groups in total. The Balaban J connectivity index is 1.58. The molecule has 3 heterocycles. The molecule has 6 nitrogen and oxygen atoms in total. The number of aryl methyl sites for hydroxylation is 1. The second-order valence-corrected chi connectivity index (χ2v) is 7.64. The number of hydrogen-bond acceptors (Lipinski definition) is 6. The molecule has 138 valence electrons. The quantitative estimate of drug-likeness (QED) is 0.747. The summed E-state index contributed by atoms with van der Waals surface area (Å²) in [5.74, 6) is 0.310. The lowest BCUT2D eigenvalue weighted by Crippen LogP contribution is -2.38. The van der Waals surface area contributed by atoms with Gasteiger partial charge in [-0.15, -0.1) is 11.3 Å². The lowest BCUT2D eigenvalue weighted by molar-refractivity contribution is 0.0611. The molecular formula is C20H21N5OS. The van der Waals surface area contributed by atoms with E-state index in [9.17, 15) is 4.79 Å². The van der Waals surface area contributed by atoms with Crippen molar-refractivity contribution in [2.45, 2.75) is 32.2 Å². The van der Waals surface area contributed by atoms with Gasteiger partial charge in [-0.2, -0.15) is 0 Å². The molecule has 0 aliphatic carbocycles. The number of aromatic nitrogens is 3. The first kappa shape index (κ1) is 17.6. The van der Waals surface area contributed by atoms with Crippen molar-refractivity contribution in [1.82, 2.24) is 19.9 Å². The maximum atomic E-state index is 13.1. The zero-order valence-electron chi connectivity index (χ0n) is 15.1. The van der Waals surface area contributed by atoms with Crippen LogP contribution in [0.1, 0.15) is 46.4 Å². The van der Waals surface area contributed by atoms with Crippen LogP contribution >= 0.6 is 11.3 Å². The summed E-state index contributed by atoms with van der Waals surface area (Å²) in [4.78, 5) is 27.9. The monoisotopic (exact) mass is 379 g/mol. The van der Waals surface area contributed by atoms with Crippen LogP contribution in [0.3, 0.4) is 0 Å². The van der Waals surface area contributed by atoms with Gasteiger partial charge in [-0.3, -0.25) is 4.79 Å². The third kappa shape index (κ3) is 3.68. The first-order valence-corrected chi connectivity index (χ1v) is 9.92. The molecule has 2 aromatic heterocycles. The van der Waals surface area contributed by atoms with Gasteiger partial charge in [0.15, 0.2) is 0 Å². The molecule has 0 bridgehead atoms. The van der Waals surface area contributed by atoms with E-state index in [1.807, 2.05) is 53.7 Å². The topological polar surface area (TPSA) is 85.0 Å². The highest BCUT2D eigenvalue weighted by Gasteiger charge is 2.30. The number of rotatable bonds is 3. The zero-order chi connectivity index (χ0) is 18.8. The molecule has 1 amide bonds. The van der Waals surface area contributed by atoms with Crippen LogP contribution in [0.4, 0.5) is 5.95 Å². The molecule has 0 saturated carbocycles. The van der Waals surface area contributed by atoms with E-state index in [0.29, 0.717) is 5.56 Å². The molecule has 0 radical (unpaired) electrons. The minimum Gasteiger partial charge on any atom is -0.368 e. The number of thiazole rings is 1. The van der Waals surface area contributed by atoms with E-state index in [2.05, 4.69) is 15.0 Å². The molecule has 1 aromatic carbocycles. The van der Waals surface area contributed by atoms with Gasteiger partial charge in [0.1, 0.15) is 5.01 Å². The van der Waals surface area contributed by atoms with Crippen molar-refractivity contribution >= 4 is 23.2 Å². The van der Waals surface area contributed by atoms with Gasteiger partial charge in [-0.25, -0.2) is 15.0 Å². The number of nitrogens with zero attached hydrogens (tertiary/aromatic N) is 4. The summed E-state index contributed by atoms with van der Waals surface area (Å²) in [6.07, 6.45) is 4.94. The van der Waals surface area contributed by atoms with Crippen LogP contribution in [0.5, 0.6) is 0 Å². The Bertz CT molecular complexity index is 919. The molecule has 0 spiro atoms. The van der Waals surface area contributed by atoms with Gasteiger partial charge >= 0.3 is 0 Å². The first-order valence-electron chi connectivity index (χ1n) is 9.04. The molecule has 1 aliphatic rings. The Morgan fingerprint density at radius 1 is 1.22 bits per heavy atom. The molecule has 27 heavy (non-hydrogen) atoms. The number of anilines is 1.